The summed E-state index contributed by atoms with van der Waals surface area (Å²) in [5.74, 6) is 0. The van der Waals surface area contributed by atoms with E-state index in [0.717, 1.165) is 38.1 Å². The Morgan fingerprint density at radius 1 is 0.642 bits per heavy atom. The Hall–Kier alpha value is -3.90. The standard InChI is InChI=1S/C19H31BFN3O4.C11H20FNO5S.C10H18FNO3.C9H15BN2O2.CH3ClO2S/c1-17(2,3)26-16(25)23-9-8-14(10-15(23)21)24-12-13(11-22-24)20-27-18(4,5)19(6,7)28-20;1-11(2,3)17-10(14)13-6-5-8(7-9(13)12)18-19(4,15)16;1-10(2,3)15-9(14)12-5-4-7(13)6-8(12)11;1-8(2)9(3,4)14-10(13-8)7-5-11-12-6-7;1-5(2,3)4/h11-12,14-15H,8-10H2,1-7H3;8-9H,5-7H2,1-4H3;7-8,13H,4-6H2,1-3H3;5-6H,1-4H3,(H,11,12);1H3. The quantitative estimate of drug-likeness (QED) is 0.0979. The minimum Gasteiger partial charge on any atom is -0.444 e. The predicted molar refractivity (Wildman–Crippen MR) is 299 cm³/mol. The second kappa shape index (κ2) is 27.4. The molecule has 5 aliphatic rings. The van der Waals surface area contributed by atoms with E-state index in [-0.39, 0.29) is 69.7 Å². The Bertz CT molecular complexity index is 2560. The number of piperidine rings is 3. The van der Waals surface area contributed by atoms with E-state index >= 15 is 0 Å². The van der Waals surface area contributed by atoms with Crippen molar-refractivity contribution in [3.63, 3.8) is 0 Å². The summed E-state index contributed by atoms with van der Waals surface area (Å²) < 4.78 is 128. The zero-order chi connectivity index (χ0) is 62.3. The normalized spacial score (nSPS) is 25.3. The van der Waals surface area contributed by atoms with Gasteiger partial charge in [-0.25, -0.2) is 36.0 Å². The van der Waals surface area contributed by atoms with Crippen molar-refractivity contribution < 1.29 is 86.5 Å². The van der Waals surface area contributed by atoms with Gasteiger partial charge in [-0.15, -0.1) is 0 Å². The number of aliphatic hydroxyl groups excluding tert-OH is 1. The van der Waals surface area contributed by atoms with Crippen LogP contribution in [-0.2, 0) is 56.2 Å². The maximum absolute atomic E-state index is 14.7. The monoisotopic (exact) mass is 1220 g/mol. The highest BCUT2D eigenvalue weighted by molar-refractivity contribution is 8.13. The molecular formula is C50H87B2ClF3N7O16S2. The molecule has 5 fully saturated rings. The van der Waals surface area contributed by atoms with E-state index < -0.39 is 104 Å². The van der Waals surface area contributed by atoms with Crippen LogP contribution in [0, 0.1) is 0 Å². The van der Waals surface area contributed by atoms with Crippen molar-refractivity contribution >= 4 is 73.3 Å². The van der Waals surface area contributed by atoms with Gasteiger partial charge in [0.25, 0.3) is 10.1 Å². The van der Waals surface area contributed by atoms with Crippen molar-refractivity contribution in [3.8, 4) is 0 Å². The molecule has 0 aromatic carbocycles. The molecule has 31 heteroatoms. The minimum absolute atomic E-state index is 0.0285. The van der Waals surface area contributed by atoms with E-state index in [1.165, 1.54) is 0 Å². The summed E-state index contributed by atoms with van der Waals surface area (Å²) in [7, 11) is -3.11. The van der Waals surface area contributed by atoms with Crippen molar-refractivity contribution in [1.29, 1.82) is 0 Å². The first-order valence-corrected chi connectivity index (χ1v) is 31.1. The highest BCUT2D eigenvalue weighted by Crippen LogP contribution is 2.38. The van der Waals surface area contributed by atoms with Crippen LogP contribution in [0.25, 0.3) is 0 Å². The van der Waals surface area contributed by atoms with Gasteiger partial charge in [-0.05, 0) is 137 Å². The van der Waals surface area contributed by atoms with Crippen molar-refractivity contribution in [3.05, 3.63) is 24.8 Å². The summed E-state index contributed by atoms with van der Waals surface area (Å²) >= 11 is 0. The average molecular weight is 1220 g/mol. The Morgan fingerprint density at radius 3 is 1.36 bits per heavy atom. The number of nitrogens with zero attached hydrogens (tertiary/aromatic N) is 6. The lowest BCUT2D eigenvalue weighted by molar-refractivity contribution is -0.0396. The van der Waals surface area contributed by atoms with Crippen LogP contribution in [0.2, 0.25) is 0 Å². The number of amides is 3. The Kier molecular flexibility index (Phi) is 24.2. The molecule has 2 N–H and O–H groups in total. The van der Waals surface area contributed by atoms with E-state index in [1.54, 1.807) is 85.6 Å². The van der Waals surface area contributed by atoms with Crippen LogP contribution in [0.1, 0.15) is 162 Å². The van der Waals surface area contributed by atoms with Gasteiger partial charge in [0.2, 0.25) is 9.05 Å². The van der Waals surface area contributed by atoms with Gasteiger partial charge >= 0.3 is 32.5 Å². The van der Waals surface area contributed by atoms with Gasteiger partial charge in [-0.3, -0.25) is 28.7 Å². The summed E-state index contributed by atoms with van der Waals surface area (Å²) in [6, 6.07) is -0.134. The van der Waals surface area contributed by atoms with Gasteiger partial charge < -0.3 is 37.9 Å². The summed E-state index contributed by atoms with van der Waals surface area (Å²) in [6.07, 6.45) is 2.31. The maximum atomic E-state index is 14.7. The molecule has 5 aliphatic heterocycles. The SMILES string of the molecule is CC(C)(C)OC(=O)N1CCC(O)CC1F.CC(C)(C)OC(=O)N1CCC(OS(C)(=O)=O)CC1F.CC(C)(C)OC(=O)N1CCC(n2cc(B3OC(C)(C)C(C)(C)O3)cn2)CC1F.CC1(C)OB(c2cn[nH]c2)OC1(C)C.CS(=O)(=O)Cl. The molecule has 0 spiro atoms. The summed E-state index contributed by atoms with van der Waals surface area (Å²) in [6.45, 7) is 32.3. The molecule has 0 radical (unpaired) electrons. The molecule has 3 amide bonds. The number of rotatable bonds is 5. The van der Waals surface area contributed by atoms with Crippen LogP contribution >= 0.6 is 10.7 Å². The topological polar surface area (TPSA) is 270 Å². The van der Waals surface area contributed by atoms with Gasteiger partial charge in [-0.1, -0.05) is 0 Å². The number of aliphatic hydroxyl groups is 1. The number of nitrogens with one attached hydrogen (secondary N) is 1. The molecule has 7 heterocycles. The number of carbonyl (C=O) groups is 3. The second-order valence-corrected chi connectivity index (χ2v) is 29.9. The third kappa shape index (κ3) is 23.6. The molecular weight excluding hydrogens is 1130 g/mol. The van der Waals surface area contributed by atoms with Crippen LogP contribution in [0.3, 0.4) is 0 Å². The zero-order valence-electron chi connectivity index (χ0n) is 50.4. The van der Waals surface area contributed by atoms with Gasteiger partial charge in [0.1, 0.15) is 16.8 Å². The van der Waals surface area contributed by atoms with E-state index in [2.05, 4.69) is 26.0 Å². The number of halogens is 4. The van der Waals surface area contributed by atoms with Crippen molar-refractivity contribution in [2.45, 2.75) is 233 Å². The third-order valence-electron chi connectivity index (χ3n) is 13.3. The average Bonchev–Trinajstić information content (AvgIpc) is 4.04. The van der Waals surface area contributed by atoms with E-state index in [1.807, 2.05) is 61.6 Å². The van der Waals surface area contributed by atoms with Crippen molar-refractivity contribution in [1.82, 2.24) is 34.7 Å². The van der Waals surface area contributed by atoms with Crippen molar-refractivity contribution in [2.24, 2.45) is 0 Å². The highest BCUT2D eigenvalue weighted by Gasteiger charge is 2.53. The summed E-state index contributed by atoms with van der Waals surface area (Å²) in [5, 5.41) is 20.2. The van der Waals surface area contributed by atoms with Gasteiger partial charge in [0, 0.05) is 85.3 Å². The molecule has 2 aromatic rings. The summed E-state index contributed by atoms with van der Waals surface area (Å²) in [5.41, 5.74) is -1.64. The summed E-state index contributed by atoms with van der Waals surface area (Å²) in [4.78, 5) is 38.5. The molecule has 2 aromatic heterocycles. The number of hydrogen-bond donors (Lipinski definition) is 2. The van der Waals surface area contributed by atoms with Crippen LogP contribution in [0.15, 0.2) is 24.8 Å². The molecule has 6 unspecified atom stereocenters. The Labute approximate surface area is 482 Å². The third-order valence-corrected chi connectivity index (χ3v) is 13.9. The second-order valence-electron chi connectivity index (χ2n) is 25.3. The largest absolute Gasteiger partial charge is 0.498 e. The molecule has 0 saturated carbocycles. The zero-order valence-corrected chi connectivity index (χ0v) is 52.8. The number of hydrogen-bond acceptors (Lipinski definition) is 18. The molecule has 7 rings (SSSR count). The smallest absolute Gasteiger partial charge is 0.444 e. The molecule has 464 valence electrons. The first kappa shape index (κ1) is 71.4. The predicted octanol–water partition coefficient (Wildman–Crippen LogP) is 7.28. The highest BCUT2D eigenvalue weighted by atomic mass is 35.7. The van der Waals surface area contributed by atoms with Crippen LogP contribution < -0.4 is 10.9 Å². The number of alkyl halides is 3. The number of ether oxygens (including phenoxy) is 3. The van der Waals surface area contributed by atoms with Gasteiger partial charge in [-0.2, -0.15) is 18.6 Å². The number of aromatic nitrogens is 4. The van der Waals surface area contributed by atoms with Crippen molar-refractivity contribution in [2.75, 3.05) is 32.1 Å². The molecule has 23 nitrogen and oxygen atoms in total. The number of likely N-dealkylation sites (tertiary alicyclic amines) is 3. The van der Waals surface area contributed by atoms with Crippen LogP contribution in [0.5, 0.6) is 0 Å². The molecule has 81 heavy (non-hydrogen) atoms. The fourth-order valence-electron chi connectivity index (χ4n) is 7.86. The lowest BCUT2D eigenvalue weighted by atomic mass is 9.82. The van der Waals surface area contributed by atoms with Crippen LogP contribution in [-0.4, -0.2) is 192 Å². The van der Waals surface area contributed by atoms with Gasteiger partial charge in [0.05, 0.1) is 53.2 Å². The Morgan fingerprint density at radius 2 is 1.01 bits per heavy atom. The lowest BCUT2D eigenvalue weighted by Crippen LogP contribution is -2.48. The minimum atomic E-state index is -3.62. The number of carbonyl (C=O) groups excluding carboxylic acids is 3. The lowest BCUT2D eigenvalue weighted by Gasteiger charge is -2.36. The first-order valence-electron chi connectivity index (χ1n) is 26.6. The Balaban J connectivity index is 0.000000286. The molecule has 0 aliphatic carbocycles. The molecule has 5 saturated heterocycles. The van der Waals surface area contributed by atoms with E-state index in [9.17, 15) is 49.5 Å². The number of aromatic amines is 1. The van der Waals surface area contributed by atoms with E-state index in [0.29, 0.717) is 12.8 Å². The molecule has 6 atom stereocenters. The molecule has 0 bridgehead atoms. The van der Waals surface area contributed by atoms with Crippen LogP contribution in [0.4, 0.5) is 27.6 Å². The fourth-order valence-corrected chi connectivity index (χ4v) is 8.53. The number of H-pyrrole nitrogens is 1. The van der Waals surface area contributed by atoms with Gasteiger partial charge in [0.15, 0.2) is 18.9 Å². The maximum Gasteiger partial charge on any atom is 0.498 e. The first-order chi connectivity index (χ1) is 36.5. The fraction of sp³-hybridized carbons (Fsp3) is 0.820. The van der Waals surface area contributed by atoms with E-state index in [4.69, 9.17) is 37.0 Å².